The summed E-state index contributed by atoms with van der Waals surface area (Å²) >= 11 is 1.69. The molecule has 1 saturated heterocycles. The van der Waals surface area contributed by atoms with Crippen LogP contribution in [0.3, 0.4) is 0 Å². The van der Waals surface area contributed by atoms with E-state index in [9.17, 15) is 9.59 Å². The van der Waals surface area contributed by atoms with Crippen LogP contribution in [-0.4, -0.2) is 59.7 Å². The lowest BCUT2D eigenvalue weighted by molar-refractivity contribution is -0.142. The predicted octanol–water partition coefficient (Wildman–Crippen LogP) is 2.61. The van der Waals surface area contributed by atoms with Crippen LogP contribution in [0.25, 0.3) is 0 Å². The fourth-order valence-corrected chi connectivity index (χ4v) is 4.89. The standard InChI is InChI=1S/C22H27N3O2S/c1-23-7-9-24(10-8-23)22(27)18(11-17-5-3-2-4-6-17)12-21(26)25-13-19-15-28-16-20(19)14-25/h2-6,15-16,18H,7-14H2,1H3. The summed E-state index contributed by atoms with van der Waals surface area (Å²) in [6.45, 7) is 4.63. The minimum atomic E-state index is -0.295. The highest BCUT2D eigenvalue weighted by Crippen LogP contribution is 2.28. The van der Waals surface area contributed by atoms with E-state index in [1.165, 1.54) is 11.1 Å². The highest BCUT2D eigenvalue weighted by molar-refractivity contribution is 7.08. The van der Waals surface area contributed by atoms with Crippen molar-refractivity contribution in [3.8, 4) is 0 Å². The third kappa shape index (κ3) is 4.28. The smallest absolute Gasteiger partial charge is 0.226 e. The number of nitrogens with zero attached hydrogens (tertiary/aromatic N) is 3. The molecule has 2 aliphatic rings. The lowest BCUT2D eigenvalue weighted by Gasteiger charge is -2.35. The number of benzene rings is 1. The van der Waals surface area contributed by atoms with Crippen molar-refractivity contribution < 1.29 is 9.59 Å². The SMILES string of the molecule is CN1CCN(C(=O)C(CC(=O)N2Cc3cscc3C2)Cc2ccccc2)CC1. The van der Waals surface area contributed by atoms with Crippen LogP contribution in [0.2, 0.25) is 0 Å². The highest BCUT2D eigenvalue weighted by Gasteiger charge is 2.32. The van der Waals surface area contributed by atoms with Gasteiger partial charge in [-0.1, -0.05) is 30.3 Å². The molecule has 0 spiro atoms. The Morgan fingerprint density at radius 1 is 0.964 bits per heavy atom. The number of amides is 2. The van der Waals surface area contributed by atoms with Crippen LogP contribution in [0, 0.1) is 5.92 Å². The fourth-order valence-electron chi connectivity index (χ4n) is 4.04. The average molecular weight is 398 g/mol. The molecular weight excluding hydrogens is 370 g/mol. The molecule has 0 bridgehead atoms. The zero-order chi connectivity index (χ0) is 19.5. The molecule has 3 heterocycles. The normalized spacial score (nSPS) is 18.2. The molecule has 5 nitrogen and oxygen atoms in total. The van der Waals surface area contributed by atoms with Crippen LogP contribution in [0.15, 0.2) is 41.1 Å². The first-order chi connectivity index (χ1) is 13.6. The van der Waals surface area contributed by atoms with E-state index >= 15 is 0 Å². The molecule has 0 radical (unpaired) electrons. The summed E-state index contributed by atoms with van der Waals surface area (Å²) in [4.78, 5) is 32.3. The van der Waals surface area contributed by atoms with Gasteiger partial charge in [0.15, 0.2) is 0 Å². The lowest BCUT2D eigenvalue weighted by Crippen LogP contribution is -2.49. The third-order valence-corrected chi connectivity index (χ3v) is 6.66. The molecular formula is C22H27N3O2S. The molecule has 1 fully saturated rings. The monoisotopic (exact) mass is 397 g/mol. The van der Waals surface area contributed by atoms with E-state index in [1.807, 2.05) is 40.1 Å². The van der Waals surface area contributed by atoms with Gasteiger partial charge in [-0.3, -0.25) is 9.59 Å². The maximum atomic E-state index is 13.3. The summed E-state index contributed by atoms with van der Waals surface area (Å²) in [6, 6.07) is 10.1. The van der Waals surface area contributed by atoms with Gasteiger partial charge in [-0.25, -0.2) is 0 Å². The number of fused-ring (bicyclic) bond motifs is 1. The van der Waals surface area contributed by atoms with Crippen LogP contribution in [0.5, 0.6) is 0 Å². The first-order valence-corrected chi connectivity index (χ1v) is 10.9. The zero-order valence-electron chi connectivity index (χ0n) is 16.3. The summed E-state index contributed by atoms with van der Waals surface area (Å²) in [7, 11) is 2.08. The largest absolute Gasteiger partial charge is 0.340 e. The van der Waals surface area contributed by atoms with E-state index in [4.69, 9.17) is 0 Å². The van der Waals surface area contributed by atoms with Gasteiger partial charge in [-0.2, -0.15) is 11.3 Å². The van der Waals surface area contributed by atoms with Crippen molar-refractivity contribution in [3.05, 3.63) is 57.8 Å². The Bertz CT molecular complexity index is 807. The molecule has 2 aromatic rings. The number of likely N-dealkylation sites (N-methyl/N-ethyl adjacent to an activating group) is 1. The Balaban J connectivity index is 1.45. The van der Waals surface area contributed by atoms with Crippen LogP contribution >= 0.6 is 11.3 Å². The molecule has 0 saturated carbocycles. The third-order valence-electron chi connectivity index (χ3n) is 5.82. The Kier molecular flexibility index (Phi) is 5.78. The second-order valence-electron chi connectivity index (χ2n) is 7.89. The van der Waals surface area contributed by atoms with Crippen molar-refractivity contribution in [1.29, 1.82) is 0 Å². The molecule has 1 atom stereocenters. The summed E-state index contributed by atoms with van der Waals surface area (Å²) < 4.78 is 0. The van der Waals surface area contributed by atoms with E-state index in [0.29, 0.717) is 19.5 Å². The summed E-state index contributed by atoms with van der Waals surface area (Å²) in [5, 5.41) is 4.25. The van der Waals surface area contributed by atoms with Crippen molar-refractivity contribution in [2.24, 2.45) is 5.92 Å². The lowest BCUT2D eigenvalue weighted by atomic mass is 9.93. The highest BCUT2D eigenvalue weighted by atomic mass is 32.1. The average Bonchev–Trinajstić information content (AvgIpc) is 3.30. The minimum absolute atomic E-state index is 0.0876. The maximum Gasteiger partial charge on any atom is 0.226 e. The van der Waals surface area contributed by atoms with Crippen molar-refractivity contribution >= 4 is 23.2 Å². The second-order valence-corrected chi connectivity index (χ2v) is 8.63. The first kappa shape index (κ1) is 19.2. The molecule has 6 heteroatoms. The van der Waals surface area contributed by atoms with Crippen molar-refractivity contribution in [3.63, 3.8) is 0 Å². The van der Waals surface area contributed by atoms with Crippen molar-refractivity contribution in [2.45, 2.75) is 25.9 Å². The number of hydrogen-bond donors (Lipinski definition) is 0. The van der Waals surface area contributed by atoms with Crippen LogP contribution < -0.4 is 0 Å². The molecule has 2 amide bonds. The van der Waals surface area contributed by atoms with Crippen LogP contribution in [0.1, 0.15) is 23.1 Å². The van der Waals surface area contributed by atoms with Crippen LogP contribution in [-0.2, 0) is 29.1 Å². The van der Waals surface area contributed by atoms with Gasteiger partial charge in [0.2, 0.25) is 11.8 Å². The topological polar surface area (TPSA) is 43.9 Å². The predicted molar refractivity (Wildman–Crippen MR) is 111 cm³/mol. The van der Waals surface area contributed by atoms with Gasteiger partial charge < -0.3 is 14.7 Å². The molecule has 2 aliphatic heterocycles. The molecule has 4 rings (SSSR count). The van der Waals surface area contributed by atoms with Gasteiger partial charge in [0.1, 0.15) is 0 Å². The van der Waals surface area contributed by atoms with Crippen molar-refractivity contribution in [1.82, 2.24) is 14.7 Å². The zero-order valence-corrected chi connectivity index (χ0v) is 17.2. The van der Waals surface area contributed by atoms with Gasteiger partial charge >= 0.3 is 0 Å². The summed E-state index contributed by atoms with van der Waals surface area (Å²) in [5.74, 6) is -0.0839. The Morgan fingerprint density at radius 2 is 1.61 bits per heavy atom. The number of carbonyl (C=O) groups is 2. The van der Waals surface area contributed by atoms with Gasteiger partial charge in [-0.05, 0) is 40.9 Å². The van der Waals surface area contributed by atoms with E-state index in [2.05, 4.69) is 22.7 Å². The number of hydrogen-bond acceptors (Lipinski definition) is 4. The number of rotatable bonds is 5. The molecule has 1 aromatic heterocycles. The molecule has 148 valence electrons. The van der Waals surface area contributed by atoms with E-state index in [1.54, 1.807) is 11.3 Å². The van der Waals surface area contributed by atoms with E-state index in [0.717, 1.165) is 31.7 Å². The van der Waals surface area contributed by atoms with E-state index in [-0.39, 0.29) is 24.2 Å². The van der Waals surface area contributed by atoms with Crippen LogP contribution in [0.4, 0.5) is 0 Å². The van der Waals surface area contributed by atoms with Gasteiger partial charge in [-0.15, -0.1) is 0 Å². The Morgan fingerprint density at radius 3 is 2.25 bits per heavy atom. The Labute approximate surface area is 170 Å². The molecule has 0 aliphatic carbocycles. The maximum absolute atomic E-state index is 13.3. The number of carbonyl (C=O) groups excluding carboxylic acids is 2. The van der Waals surface area contributed by atoms with Gasteiger partial charge in [0.05, 0.1) is 5.92 Å². The minimum Gasteiger partial charge on any atom is -0.340 e. The molecule has 0 N–H and O–H groups in total. The molecule has 1 unspecified atom stereocenters. The first-order valence-electron chi connectivity index (χ1n) is 9.93. The number of thiophene rings is 1. The second kappa shape index (κ2) is 8.45. The summed E-state index contributed by atoms with van der Waals surface area (Å²) in [5.41, 5.74) is 3.62. The molecule has 28 heavy (non-hydrogen) atoms. The fraction of sp³-hybridized carbons (Fsp3) is 0.455. The van der Waals surface area contributed by atoms with E-state index < -0.39 is 0 Å². The molecule has 1 aromatic carbocycles. The van der Waals surface area contributed by atoms with Gasteiger partial charge in [0, 0.05) is 45.7 Å². The Hall–Kier alpha value is -2.18. The van der Waals surface area contributed by atoms with Gasteiger partial charge in [0.25, 0.3) is 0 Å². The quantitative estimate of drug-likeness (QED) is 0.779. The summed E-state index contributed by atoms with van der Waals surface area (Å²) in [6.07, 6.45) is 0.903. The van der Waals surface area contributed by atoms with Crippen molar-refractivity contribution in [2.75, 3.05) is 33.2 Å². The number of piperazine rings is 1.